The van der Waals surface area contributed by atoms with Crippen molar-refractivity contribution in [2.24, 2.45) is 35.5 Å². The van der Waals surface area contributed by atoms with Gasteiger partial charge in [0.2, 0.25) is 0 Å². The summed E-state index contributed by atoms with van der Waals surface area (Å²) in [5.74, 6) is 6.83. The molecule has 0 nitrogen and oxygen atoms in total. The maximum atomic E-state index is 2.52. The molecule has 4 unspecified atom stereocenters. The molecule has 0 aromatic heterocycles. The lowest BCUT2D eigenvalue weighted by Crippen LogP contribution is -2.24. The summed E-state index contributed by atoms with van der Waals surface area (Å²) in [6, 6.07) is 0. The third-order valence-electron chi connectivity index (χ3n) is 5.43. The molecule has 0 saturated heterocycles. The zero-order chi connectivity index (χ0) is 11.2. The predicted molar refractivity (Wildman–Crippen MR) is 67.5 cm³/mol. The monoisotopic (exact) mass is 204 g/mol. The molecule has 0 amide bonds. The lowest BCUT2D eigenvalue weighted by Gasteiger charge is -2.31. The number of fused-ring (bicyclic) bond motifs is 4. The second kappa shape index (κ2) is 2.49. The van der Waals surface area contributed by atoms with Crippen molar-refractivity contribution >= 4 is 7.28 Å². The zero-order valence-corrected chi connectivity index (χ0v) is 11.2. The van der Waals surface area contributed by atoms with Gasteiger partial charge in [-0.15, -0.1) is 0 Å². The van der Waals surface area contributed by atoms with Crippen molar-refractivity contribution in [3.8, 4) is 0 Å². The largest absolute Gasteiger partial charge is 0.134 e. The summed E-state index contributed by atoms with van der Waals surface area (Å²) in [6.45, 7) is 14.7. The van der Waals surface area contributed by atoms with Crippen LogP contribution in [0.25, 0.3) is 0 Å². The fraction of sp³-hybridized carbons (Fsp3) is 1.00. The van der Waals surface area contributed by atoms with Gasteiger partial charge in [0.05, 0.1) is 0 Å². The molecular formula is C14H25B. The molecule has 0 radical (unpaired) electrons. The van der Waals surface area contributed by atoms with E-state index in [2.05, 4.69) is 41.5 Å². The molecule has 0 N–H and O–H groups in total. The van der Waals surface area contributed by atoms with Gasteiger partial charge in [0.1, 0.15) is 7.28 Å². The summed E-state index contributed by atoms with van der Waals surface area (Å²) in [4.78, 5) is 0. The van der Waals surface area contributed by atoms with Crippen LogP contribution < -0.4 is 0 Å². The summed E-state index contributed by atoms with van der Waals surface area (Å²) in [6.07, 6.45) is 0. The summed E-state index contributed by atoms with van der Waals surface area (Å²) < 4.78 is 0. The SMILES string of the molecule is CC1C2C1C1C2C1C(C)(C)BC(C)(C)C. The van der Waals surface area contributed by atoms with E-state index in [9.17, 15) is 0 Å². The molecule has 0 aromatic carbocycles. The number of hydrogen-bond acceptors (Lipinski definition) is 0. The molecule has 3 saturated carbocycles. The van der Waals surface area contributed by atoms with Crippen molar-refractivity contribution in [1.29, 1.82) is 0 Å². The minimum atomic E-state index is 0.501. The molecular weight excluding hydrogens is 179 g/mol. The molecule has 0 bridgehead atoms. The second-order valence-electron chi connectivity index (χ2n) is 8.42. The van der Waals surface area contributed by atoms with Crippen molar-refractivity contribution in [2.45, 2.75) is 52.2 Å². The van der Waals surface area contributed by atoms with E-state index in [-0.39, 0.29) is 0 Å². The number of rotatable bonds is 2. The Balaban J connectivity index is 1.65. The van der Waals surface area contributed by atoms with Crippen LogP contribution in [0, 0.1) is 35.5 Å². The Bertz CT molecular complexity index is 283. The highest BCUT2D eigenvalue weighted by Crippen LogP contribution is 2.86. The van der Waals surface area contributed by atoms with Gasteiger partial charge < -0.3 is 0 Å². The van der Waals surface area contributed by atoms with Crippen LogP contribution in [0.15, 0.2) is 0 Å². The Morgan fingerprint density at radius 2 is 1.27 bits per heavy atom. The van der Waals surface area contributed by atoms with E-state index >= 15 is 0 Å². The summed E-state index contributed by atoms with van der Waals surface area (Å²) in [5.41, 5.74) is 0. The first kappa shape index (κ1) is 10.2. The minimum absolute atomic E-state index is 0.501. The van der Waals surface area contributed by atoms with Crippen molar-refractivity contribution in [2.75, 3.05) is 0 Å². The average Bonchev–Trinajstić information content (AvgIpc) is 2.64. The summed E-state index contributed by atoms with van der Waals surface area (Å²) in [5, 5.41) is 1.10. The average molecular weight is 204 g/mol. The van der Waals surface area contributed by atoms with Gasteiger partial charge in [0.15, 0.2) is 0 Å². The Hall–Kier alpha value is 0.0649. The van der Waals surface area contributed by atoms with Crippen LogP contribution in [0.2, 0.25) is 10.6 Å². The van der Waals surface area contributed by atoms with Crippen LogP contribution in [-0.2, 0) is 0 Å². The molecule has 4 atom stereocenters. The molecule has 0 aliphatic heterocycles. The highest BCUT2D eigenvalue weighted by Gasteiger charge is 2.82. The van der Waals surface area contributed by atoms with Crippen LogP contribution in [0.3, 0.4) is 0 Å². The Morgan fingerprint density at radius 1 is 0.800 bits per heavy atom. The highest BCUT2D eigenvalue weighted by atomic mass is 14.9. The highest BCUT2D eigenvalue weighted by molar-refractivity contribution is 6.43. The van der Waals surface area contributed by atoms with Crippen LogP contribution in [0.5, 0.6) is 0 Å². The zero-order valence-electron chi connectivity index (χ0n) is 11.2. The molecule has 3 fully saturated rings. The van der Waals surface area contributed by atoms with E-state index in [1.807, 2.05) is 0 Å². The minimum Gasteiger partial charge on any atom is -0.0671 e. The van der Waals surface area contributed by atoms with Gasteiger partial charge in [-0.3, -0.25) is 0 Å². The summed E-state index contributed by atoms with van der Waals surface area (Å²) in [7, 11) is 1.39. The predicted octanol–water partition coefficient (Wildman–Crippen LogP) is 3.60. The van der Waals surface area contributed by atoms with E-state index in [0.29, 0.717) is 10.6 Å². The third-order valence-corrected chi connectivity index (χ3v) is 5.43. The van der Waals surface area contributed by atoms with Gasteiger partial charge in [-0.25, -0.2) is 0 Å². The van der Waals surface area contributed by atoms with Crippen molar-refractivity contribution in [3.63, 3.8) is 0 Å². The van der Waals surface area contributed by atoms with Crippen LogP contribution in [0.1, 0.15) is 41.5 Å². The van der Waals surface area contributed by atoms with Gasteiger partial charge in [0, 0.05) is 0 Å². The van der Waals surface area contributed by atoms with Gasteiger partial charge in [0.25, 0.3) is 0 Å². The summed E-state index contributed by atoms with van der Waals surface area (Å²) >= 11 is 0. The molecule has 0 heterocycles. The fourth-order valence-corrected chi connectivity index (χ4v) is 5.47. The van der Waals surface area contributed by atoms with Crippen LogP contribution in [-0.4, -0.2) is 7.28 Å². The molecule has 0 spiro atoms. The fourth-order valence-electron chi connectivity index (χ4n) is 5.47. The van der Waals surface area contributed by atoms with Crippen LogP contribution in [0.4, 0.5) is 0 Å². The third kappa shape index (κ3) is 1.28. The lowest BCUT2D eigenvalue weighted by atomic mass is 9.40. The van der Waals surface area contributed by atoms with E-state index in [1.54, 1.807) is 0 Å². The van der Waals surface area contributed by atoms with Crippen LogP contribution >= 0.6 is 0 Å². The number of hydrogen-bond donors (Lipinski definition) is 0. The molecule has 3 rings (SSSR count). The second-order valence-corrected chi connectivity index (χ2v) is 8.42. The Labute approximate surface area is 95.5 Å². The van der Waals surface area contributed by atoms with E-state index in [0.717, 1.165) is 23.7 Å². The van der Waals surface area contributed by atoms with Gasteiger partial charge in [-0.2, -0.15) is 0 Å². The van der Waals surface area contributed by atoms with E-state index in [4.69, 9.17) is 0 Å². The first-order chi connectivity index (χ1) is 6.74. The normalized spacial score (nSPS) is 51.3. The van der Waals surface area contributed by atoms with Crippen molar-refractivity contribution < 1.29 is 0 Å². The lowest BCUT2D eigenvalue weighted by molar-refractivity contribution is 0.434. The van der Waals surface area contributed by atoms with Crippen molar-refractivity contribution in [1.82, 2.24) is 0 Å². The van der Waals surface area contributed by atoms with Gasteiger partial charge in [-0.05, 0) is 35.5 Å². The van der Waals surface area contributed by atoms with Gasteiger partial charge >= 0.3 is 0 Å². The maximum Gasteiger partial charge on any atom is 0.134 e. The molecule has 3 aliphatic rings. The molecule has 3 aliphatic carbocycles. The van der Waals surface area contributed by atoms with Crippen molar-refractivity contribution in [3.05, 3.63) is 0 Å². The maximum absolute atomic E-state index is 2.52. The first-order valence-corrected chi connectivity index (χ1v) is 6.74. The van der Waals surface area contributed by atoms with E-state index < -0.39 is 0 Å². The Kier molecular flexibility index (Phi) is 1.70. The first-order valence-electron chi connectivity index (χ1n) is 6.74. The molecule has 15 heavy (non-hydrogen) atoms. The Morgan fingerprint density at radius 3 is 1.67 bits per heavy atom. The van der Waals surface area contributed by atoms with E-state index in [1.165, 1.54) is 19.1 Å². The topological polar surface area (TPSA) is 0 Å². The smallest absolute Gasteiger partial charge is 0.0671 e. The quantitative estimate of drug-likeness (QED) is 0.603. The van der Waals surface area contributed by atoms with Gasteiger partial charge in [-0.1, -0.05) is 52.2 Å². The molecule has 1 heteroatoms. The molecule has 84 valence electrons. The standard InChI is InChI=1S/C14H25B/c1-7-8-9(7)11-10(8)12(11)14(5,6)15-13(2,3)4/h7-12,15H,1-6H3. The molecule has 0 aromatic rings.